The molecule has 3 rings (SSSR count). The Hall–Kier alpha value is -3.64. The Balaban J connectivity index is 2.16. The number of methoxy groups -OCH3 is 2. The van der Waals surface area contributed by atoms with Crippen LogP contribution in [0.25, 0.3) is 0 Å². The summed E-state index contributed by atoms with van der Waals surface area (Å²) in [6.07, 6.45) is 0. The zero-order chi connectivity index (χ0) is 25.8. The van der Waals surface area contributed by atoms with Gasteiger partial charge in [0.25, 0.3) is 16.5 Å². The molecule has 0 atom stereocenters. The molecule has 0 unspecified atom stereocenters. The minimum absolute atomic E-state index is 0.390. The van der Waals surface area contributed by atoms with Gasteiger partial charge in [-0.25, -0.2) is 21.6 Å². The summed E-state index contributed by atoms with van der Waals surface area (Å²) in [6.45, 7) is -1.20. The maximum Gasteiger partial charge on any atom is 0.298 e. The van der Waals surface area contributed by atoms with Gasteiger partial charge in [0, 0.05) is 13.1 Å². The van der Waals surface area contributed by atoms with E-state index in [4.69, 9.17) is 9.47 Å². The first-order chi connectivity index (χ1) is 16.6. The number of ether oxygens (including phenoxy) is 3. The average Bonchev–Trinajstić information content (AvgIpc) is 2.86. The lowest BCUT2D eigenvalue weighted by molar-refractivity contribution is -0.121. The smallest absolute Gasteiger partial charge is 0.298 e. The third-order valence-corrected chi connectivity index (χ3v) is 6.80. The van der Waals surface area contributed by atoms with E-state index in [1.165, 1.54) is 38.5 Å². The summed E-state index contributed by atoms with van der Waals surface area (Å²) in [7, 11) is -2.24. The molecule has 7 nitrogen and oxygen atoms in total. The predicted octanol–water partition coefficient (Wildman–Crippen LogP) is 4.19. The van der Waals surface area contributed by atoms with Crippen LogP contribution in [0, 0.1) is 23.3 Å². The third kappa shape index (κ3) is 5.38. The van der Waals surface area contributed by atoms with Crippen LogP contribution in [0.1, 0.15) is 11.1 Å². The number of sulfonamides is 1. The summed E-state index contributed by atoms with van der Waals surface area (Å²) in [6, 6.07) is 12.3. The summed E-state index contributed by atoms with van der Waals surface area (Å²) in [4.78, 5) is 9.18. The van der Waals surface area contributed by atoms with Crippen molar-refractivity contribution in [3.8, 4) is 17.2 Å². The lowest BCUT2D eigenvalue weighted by Gasteiger charge is -2.24. The number of hydrogen-bond acceptors (Lipinski definition) is 6. The van der Waals surface area contributed by atoms with Crippen LogP contribution in [0.3, 0.4) is 0 Å². The van der Waals surface area contributed by atoms with Crippen LogP contribution >= 0.6 is 0 Å². The fourth-order valence-corrected chi connectivity index (χ4v) is 4.78. The Kier molecular flexibility index (Phi) is 7.97. The predicted molar refractivity (Wildman–Crippen MR) is 115 cm³/mol. The fraction of sp³-hybridized carbons (Fsp3) is 0.174. The molecule has 0 saturated carbocycles. The quantitative estimate of drug-likeness (QED) is 0.175. The average molecular weight is 513 g/mol. The van der Waals surface area contributed by atoms with Gasteiger partial charge in [-0.15, -0.1) is 0 Å². The van der Waals surface area contributed by atoms with Gasteiger partial charge < -0.3 is 14.2 Å². The van der Waals surface area contributed by atoms with Gasteiger partial charge >= 0.3 is 0 Å². The van der Waals surface area contributed by atoms with Gasteiger partial charge in [-0.1, -0.05) is 24.3 Å². The van der Waals surface area contributed by atoms with Crippen molar-refractivity contribution in [3.63, 3.8) is 0 Å². The molecule has 0 aromatic heterocycles. The summed E-state index contributed by atoms with van der Waals surface area (Å²) >= 11 is 0. The highest BCUT2D eigenvalue weighted by atomic mass is 32.2. The number of benzene rings is 3. The molecule has 0 radical (unpaired) electrons. The van der Waals surface area contributed by atoms with E-state index in [0.717, 1.165) is 0 Å². The van der Waals surface area contributed by atoms with Gasteiger partial charge in [0.15, 0.2) is 22.3 Å². The first-order valence-corrected chi connectivity index (χ1v) is 11.3. The third-order valence-electron chi connectivity index (χ3n) is 4.98. The van der Waals surface area contributed by atoms with E-state index in [9.17, 15) is 30.8 Å². The van der Waals surface area contributed by atoms with Crippen molar-refractivity contribution >= 4 is 16.5 Å². The summed E-state index contributed by atoms with van der Waals surface area (Å²) in [5.41, 5.74) is 0.813. The van der Waals surface area contributed by atoms with Crippen molar-refractivity contribution in [1.29, 1.82) is 0 Å². The van der Waals surface area contributed by atoms with Crippen molar-refractivity contribution in [2.24, 2.45) is 0 Å². The second kappa shape index (κ2) is 10.7. The molecule has 35 heavy (non-hydrogen) atoms. The number of rotatable bonds is 10. The van der Waals surface area contributed by atoms with E-state index in [1.54, 1.807) is 24.3 Å². The van der Waals surface area contributed by atoms with Crippen LogP contribution in [0.2, 0.25) is 0 Å². The number of hydrogen-bond donors (Lipinski definition) is 0. The van der Waals surface area contributed by atoms with Crippen LogP contribution in [-0.2, 0) is 27.9 Å². The van der Waals surface area contributed by atoms with Gasteiger partial charge in [-0.05, 0) is 35.4 Å². The second-order valence-electron chi connectivity index (χ2n) is 7.10. The standard InChI is InChI=1S/C23H19F4NO6S/c1-32-16-7-3-14(4-8-16)11-28(12-15-5-9-17(33-2)10-6-15)35(30,31)23-21(27)19(25)18(24)20(26)22(23)34-13-29/h3-10,13H,11-12H2,1-2H3. The molecule has 0 aliphatic heterocycles. The van der Waals surface area contributed by atoms with Crippen molar-refractivity contribution in [2.75, 3.05) is 14.2 Å². The summed E-state index contributed by atoms with van der Waals surface area (Å²) in [5, 5.41) is 0. The number of nitrogens with zero attached hydrogens (tertiary/aromatic N) is 1. The summed E-state index contributed by atoms with van der Waals surface area (Å²) in [5.74, 6) is -9.71. The largest absolute Gasteiger partial charge is 0.497 e. The van der Waals surface area contributed by atoms with E-state index in [0.29, 0.717) is 26.9 Å². The minimum atomic E-state index is -5.11. The molecule has 0 amide bonds. The normalized spacial score (nSPS) is 11.4. The lowest BCUT2D eigenvalue weighted by Crippen LogP contribution is -2.32. The Bertz CT molecular complexity index is 1270. The van der Waals surface area contributed by atoms with Crippen molar-refractivity contribution in [3.05, 3.63) is 82.9 Å². The van der Waals surface area contributed by atoms with Crippen LogP contribution < -0.4 is 14.2 Å². The zero-order valence-corrected chi connectivity index (χ0v) is 19.2. The molecule has 0 aliphatic rings. The Morgan fingerprint density at radius 2 is 1.17 bits per heavy atom. The molecule has 186 valence electrons. The number of carbonyl (C=O) groups is 1. The highest BCUT2D eigenvalue weighted by Gasteiger charge is 2.38. The van der Waals surface area contributed by atoms with Gasteiger partial charge in [0.05, 0.1) is 14.2 Å². The van der Waals surface area contributed by atoms with Gasteiger partial charge in [-0.3, -0.25) is 4.79 Å². The molecular formula is C23H19F4NO6S. The van der Waals surface area contributed by atoms with Crippen LogP contribution in [0.5, 0.6) is 17.2 Å². The molecule has 0 N–H and O–H groups in total. The number of halogens is 4. The topological polar surface area (TPSA) is 82.1 Å². The Morgan fingerprint density at radius 3 is 1.57 bits per heavy atom. The zero-order valence-electron chi connectivity index (χ0n) is 18.4. The Labute approximate surface area is 198 Å². The second-order valence-corrected chi connectivity index (χ2v) is 8.97. The van der Waals surface area contributed by atoms with Crippen LogP contribution in [0.4, 0.5) is 17.6 Å². The van der Waals surface area contributed by atoms with E-state index in [-0.39, 0.29) is 13.1 Å². The highest BCUT2D eigenvalue weighted by molar-refractivity contribution is 7.89. The maximum absolute atomic E-state index is 14.7. The first kappa shape index (κ1) is 26.0. The molecule has 3 aromatic carbocycles. The highest BCUT2D eigenvalue weighted by Crippen LogP contribution is 2.36. The van der Waals surface area contributed by atoms with E-state index in [1.807, 2.05) is 0 Å². The van der Waals surface area contributed by atoms with Crippen LogP contribution in [0.15, 0.2) is 53.4 Å². The molecule has 0 spiro atoms. The van der Waals surface area contributed by atoms with Gasteiger partial charge in [0.2, 0.25) is 11.6 Å². The molecular weight excluding hydrogens is 494 g/mol. The molecule has 0 bridgehead atoms. The van der Waals surface area contributed by atoms with E-state index in [2.05, 4.69) is 4.74 Å². The summed E-state index contributed by atoms with van der Waals surface area (Å²) < 4.78 is 98.9. The Morgan fingerprint density at radius 1 is 0.743 bits per heavy atom. The van der Waals surface area contributed by atoms with Gasteiger partial charge in [-0.2, -0.15) is 8.70 Å². The lowest BCUT2D eigenvalue weighted by atomic mass is 10.2. The monoisotopic (exact) mass is 513 g/mol. The molecule has 0 heterocycles. The molecule has 3 aromatic rings. The van der Waals surface area contributed by atoms with Crippen LogP contribution in [-0.4, -0.2) is 33.4 Å². The molecule has 0 fully saturated rings. The maximum atomic E-state index is 14.7. The van der Waals surface area contributed by atoms with Crippen molar-refractivity contribution < 1.29 is 45.0 Å². The van der Waals surface area contributed by atoms with Gasteiger partial charge in [0.1, 0.15) is 11.5 Å². The number of carbonyl (C=O) groups excluding carboxylic acids is 1. The van der Waals surface area contributed by atoms with Crippen molar-refractivity contribution in [2.45, 2.75) is 18.0 Å². The molecule has 0 aliphatic carbocycles. The minimum Gasteiger partial charge on any atom is -0.497 e. The SMILES string of the molecule is COc1ccc(CN(Cc2ccc(OC)cc2)S(=O)(=O)c2c(F)c(F)c(F)c(F)c2OC=O)cc1. The molecule has 0 saturated heterocycles. The van der Waals surface area contributed by atoms with E-state index < -0.39 is 50.4 Å². The fourth-order valence-electron chi connectivity index (χ4n) is 3.20. The first-order valence-electron chi connectivity index (χ1n) is 9.86. The molecule has 12 heteroatoms. The van der Waals surface area contributed by atoms with E-state index >= 15 is 0 Å². The van der Waals surface area contributed by atoms with Crippen molar-refractivity contribution in [1.82, 2.24) is 4.31 Å².